The number of nitro benzene ring substituents is 1. The second-order valence-corrected chi connectivity index (χ2v) is 6.16. The van der Waals surface area contributed by atoms with Crippen LogP contribution in [0.5, 0.6) is 5.75 Å². The fourth-order valence-electron chi connectivity index (χ4n) is 3.19. The number of nitrogens with zero attached hydrogens (tertiary/aromatic N) is 2. The lowest BCUT2D eigenvalue weighted by Gasteiger charge is -2.19. The number of hydrogen-bond acceptors (Lipinski definition) is 6. The van der Waals surface area contributed by atoms with Crippen LogP contribution in [0, 0.1) is 22.0 Å². The number of fused-ring (bicyclic) bond motifs is 1. The van der Waals surface area contributed by atoms with Gasteiger partial charge in [-0.15, -0.1) is 0 Å². The number of non-ortho nitro benzene ring substituents is 1. The molecule has 25 heavy (non-hydrogen) atoms. The third-order valence-electron chi connectivity index (χ3n) is 4.46. The summed E-state index contributed by atoms with van der Waals surface area (Å²) in [6, 6.07) is 5.59. The fourth-order valence-corrected chi connectivity index (χ4v) is 3.19. The van der Waals surface area contributed by atoms with Crippen LogP contribution in [0.25, 0.3) is 0 Å². The lowest BCUT2D eigenvalue weighted by Crippen LogP contribution is -2.40. The molecule has 1 heterocycles. The van der Waals surface area contributed by atoms with Gasteiger partial charge in [-0.3, -0.25) is 24.6 Å². The van der Waals surface area contributed by atoms with E-state index in [-0.39, 0.29) is 48.2 Å². The molecule has 2 amide bonds. The standard InChI is InChI=1S/C17H18N2O6/c20-12(10-25-13-5-3-4-11(8-13)19(23)24)9-18-16(21)14-6-1-2-7-15(14)17(18)22/h1-5,8,12,14-15,20H,6-7,9-10H2. The molecular weight excluding hydrogens is 328 g/mol. The molecule has 0 radical (unpaired) electrons. The minimum atomic E-state index is -1.07. The van der Waals surface area contributed by atoms with Crippen molar-refractivity contribution in [3.05, 3.63) is 46.5 Å². The molecule has 132 valence electrons. The number of ether oxygens (including phenoxy) is 1. The molecule has 1 saturated heterocycles. The molecule has 3 rings (SSSR count). The first-order valence-electron chi connectivity index (χ1n) is 8.03. The topological polar surface area (TPSA) is 110 Å². The maximum absolute atomic E-state index is 12.3. The number of aliphatic hydroxyl groups is 1. The Kier molecular flexibility index (Phi) is 4.80. The van der Waals surface area contributed by atoms with Gasteiger partial charge in [0.1, 0.15) is 18.5 Å². The number of benzene rings is 1. The van der Waals surface area contributed by atoms with Crippen LogP contribution in [0.15, 0.2) is 36.4 Å². The van der Waals surface area contributed by atoms with Gasteiger partial charge in [-0.05, 0) is 18.9 Å². The highest BCUT2D eigenvalue weighted by atomic mass is 16.6. The van der Waals surface area contributed by atoms with E-state index in [2.05, 4.69) is 0 Å². The zero-order chi connectivity index (χ0) is 18.0. The Labute approximate surface area is 143 Å². The normalized spacial score (nSPS) is 23.5. The molecule has 1 aromatic carbocycles. The minimum Gasteiger partial charge on any atom is -0.491 e. The molecule has 0 saturated carbocycles. The van der Waals surface area contributed by atoms with E-state index >= 15 is 0 Å². The number of allylic oxidation sites excluding steroid dienone is 2. The largest absolute Gasteiger partial charge is 0.491 e. The van der Waals surface area contributed by atoms with E-state index in [4.69, 9.17) is 4.74 Å². The van der Waals surface area contributed by atoms with Crippen molar-refractivity contribution in [1.82, 2.24) is 4.90 Å². The van der Waals surface area contributed by atoms with Gasteiger partial charge in [0.2, 0.25) is 11.8 Å². The predicted octanol–water partition coefficient (Wildman–Crippen LogP) is 1.29. The van der Waals surface area contributed by atoms with Gasteiger partial charge in [0.05, 0.1) is 29.4 Å². The van der Waals surface area contributed by atoms with E-state index in [1.807, 2.05) is 12.2 Å². The summed E-state index contributed by atoms with van der Waals surface area (Å²) in [5.41, 5.74) is -0.117. The van der Waals surface area contributed by atoms with Crippen molar-refractivity contribution in [2.45, 2.75) is 18.9 Å². The Morgan fingerprint density at radius 2 is 1.88 bits per heavy atom. The second kappa shape index (κ2) is 7.02. The first-order valence-corrected chi connectivity index (χ1v) is 8.03. The summed E-state index contributed by atoms with van der Waals surface area (Å²) in [6.07, 6.45) is 3.83. The molecule has 1 aliphatic carbocycles. The van der Waals surface area contributed by atoms with Gasteiger partial charge in [-0.2, -0.15) is 0 Å². The summed E-state index contributed by atoms with van der Waals surface area (Å²) in [5.74, 6) is -0.933. The van der Waals surface area contributed by atoms with Crippen molar-refractivity contribution in [3.63, 3.8) is 0 Å². The fraction of sp³-hybridized carbons (Fsp3) is 0.412. The molecule has 2 aliphatic rings. The molecule has 1 fully saturated rings. The monoisotopic (exact) mass is 346 g/mol. The molecule has 8 nitrogen and oxygen atoms in total. The maximum atomic E-state index is 12.3. The zero-order valence-corrected chi connectivity index (χ0v) is 13.4. The number of rotatable bonds is 6. The summed E-state index contributed by atoms with van der Waals surface area (Å²) in [6.45, 7) is -0.314. The Balaban J connectivity index is 1.57. The van der Waals surface area contributed by atoms with Crippen LogP contribution in [-0.2, 0) is 9.59 Å². The van der Waals surface area contributed by atoms with Gasteiger partial charge < -0.3 is 9.84 Å². The first kappa shape index (κ1) is 17.1. The average Bonchev–Trinajstić information content (AvgIpc) is 2.85. The average molecular weight is 346 g/mol. The molecule has 1 aliphatic heterocycles. The van der Waals surface area contributed by atoms with Crippen LogP contribution >= 0.6 is 0 Å². The molecule has 1 aromatic rings. The number of aliphatic hydroxyl groups excluding tert-OH is 1. The Morgan fingerprint density at radius 1 is 1.24 bits per heavy atom. The van der Waals surface area contributed by atoms with Crippen LogP contribution < -0.4 is 4.74 Å². The molecule has 3 atom stereocenters. The summed E-state index contributed by atoms with van der Waals surface area (Å²) >= 11 is 0. The highest BCUT2D eigenvalue weighted by molar-refractivity contribution is 6.05. The van der Waals surface area contributed by atoms with Gasteiger partial charge in [0, 0.05) is 6.07 Å². The van der Waals surface area contributed by atoms with E-state index in [1.165, 1.54) is 24.3 Å². The van der Waals surface area contributed by atoms with Gasteiger partial charge in [-0.1, -0.05) is 18.2 Å². The summed E-state index contributed by atoms with van der Waals surface area (Å²) in [5, 5.41) is 20.8. The molecular formula is C17H18N2O6. The Bertz CT molecular complexity index is 706. The number of carbonyl (C=O) groups excluding carboxylic acids is 2. The molecule has 1 N–H and O–H groups in total. The summed E-state index contributed by atoms with van der Waals surface area (Å²) < 4.78 is 5.34. The van der Waals surface area contributed by atoms with Crippen molar-refractivity contribution < 1.29 is 24.4 Å². The quantitative estimate of drug-likeness (QED) is 0.360. The Morgan fingerprint density at radius 3 is 2.48 bits per heavy atom. The first-order chi connectivity index (χ1) is 12.0. The molecule has 0 bridgehead atoms. The molecule has 0 spiro atoms. The SMILES string of the molecule is O=C1C2CC=CCC2C(=O)N1CC(O)COc1cccc([N+](=O)[O-])c1. The van der Waals surface area contributed by atoms with Gasteiger partial charge >= 0.3 is 0 Å². The molecule has 3 unspecified atom stereocenters. The van der Waals surface area contributed by atoms with Crippen molar-refractivity contribution in [3.8, 4) is 5.75 Å². The van der Waals surface area contributed by atoms with Gasteiger partial charge in [0.15, 0.2) is 0 Å². The number of amides is 2. The van der Waals surface area contributed by atoms with Crippen LogP contribution in [0.4, 0.5) is 5.69 Å². The van der Waals surface area contributed by atoms with Crippen LogP contribution in [0.1, 0.15) is 12.8 Å². The number of hydrogen-bond donors (Lipinski definition) is 1. The third-order valence-corrected chi connectivity index (χ3v) is 4.46. The highest BCUT2D eigenvalue weighted by Gasteiger charge is 2.47. The van der Waals surface area contributed by atoms with Crippen molar-refractivity contribution in [1.29, 1.82) is 0 Å². The second-order valence-electron chi connectivity index (χ2n) is 6.16. The smallest absolute Gasteiger partial charge is 0.273 e. The van der Waals surface area contributed by atoms with E-state index in [0.717, 1.165) is 4.90 Å². The van der Waals surface area contributed by atoms with E-state index in [9.17, 15) is 24.8 Å². The number of β-amino-alcohol motifs (C(OH)–C–C–N with tert-alkyl or cyclic N) is 1. The highest BCUT2D eigenvalue weighted by Crippen LogP contribution is 2.35. The minimum absolute atomic E-state index is 0.117. The lowest BCUT2D eigenvalue weighted by molar-refractivity contribution is -0.384. The van der Waals surface area contributed by atoms with Gasteiger partial charge in [0.25, 0.3) is 5.69 Å². The lowest BCUT2D eigenvalue weighted by atomic mass is 9.85. The maximum Gasteiger partial charge on any atom is 0.273 e. The van der Waals surface area contributed by atoms with Crippen molar-refractivity contribution in [2.24, 2.45) is 11.8 Å². The molecule has 8 heteroatoms. The predicted molar refractivity (Wildman–Crippen MR) is 86.7 cm³/mol. The summed E-state index contributed by atoms with van der Waals surface area (Å²) in [7, 11) is 0. The van der Waals surface area contributed by atoms with Crippen molar-refractivity contribution >= 4 is 17.5 Å². The van der Waals surface area contributed by atoms with Crippen molar-refractivity contribution in [2.75, 3.05) is 13.2 Å². The van der Waals surface area contributed by atoms with Crippen LogP contribution in [0.3, 0.4) is 0 Å². The molecule has 0 aromatic heterocycles. The van der Waals surface area contributed by atoms with E-state index < -0.39 is 11.0 Å². The van der Waals surface area contributed by atoms with Crippen LogP contribution in [0.2, 0.25) is 0 Å². The number of likely N-dealkylation sites (tertiary alicyclic amines) is 1. The van der Waals surface area contributed by atoms with Crippen LogP contribution in [-0.4, -0.2) is 46.0 Å². The Hall–Kier alpha value is -2.74. The van der Waals surface area contributed by atoms with Gasteiger partial charge in [-0.25, -0.2) is 0 Å². The number of carbonyl (C=O) groups is 2. The third kappa shape index (κ3) is 3.53. The number of nitro groups is 1. The van der Waals surface area contributed by atoms with E-state index in [0.29, 0.717) is 12.8 Å². The number of imide groups is 1. The van der Waals surface area contributed by atoms with E-state index in [1.54, 1.807) is 0 Å². The zero-order valence-electron chi connectivity index (χ0n) is 13.4. The summed E-state index contributed by atoms with van der Waals surface area (Å²) in [4.78, 5) is 35.9.